The summed E-state index contributed by atoms with van der Waals surface area (Å²) in [7, 11) is 0. The first-order valence-corrected chi connectivity index (χ1v) is 4.82. The van der Waals surface area contributed by atoms with E-state index >= 15 is 0 Å². The minimum absolute atomic E-state index is 0.0985. The second kappa shape index (κ2) is 2.75. The number of hydrogen-bond donors (Lipinski definition) is 2. The summed E-state index contributed by atoms with van der Waals surface area (Å²) in [4.78, 5) is 3.23. The minimum Gasteiger partial charge on any atom is -0.491 e. The normalized spacial score (nSPS) is 20.5. The lowest BCUT2D eigenvalue weighted by atomic mass is 10.1. The van der Waals surface area contributed by atoms with Gasteiger partial charge in [-0.1, -0.05) is 6.07 Å². The van der Waals surface area contributed by atoms with E-state index in [1.165, 1.54) is 10.9 Å². The van der Waals surface area contributed by atoms with Crippen LogP contribution in [0.3, 0.4) is 0 Å². The summed E-state index contributed by atoms with van der Waals surface area (Å²) < 4.78 is 5.65. The van der Waals surface area contributed by atoms with Gasteiger partial charge in [-0.3, -0.25) is 0 Å². The predicted molar refractivity (Wildman–Crippen MR) is 55.5 cm³/mol. The lowest BCUT2D eigenvalue weighted by molar-refractivity contribution is 0.296. The quantitative estimate of drug-likeness (QED) is 0.657. The number of nitrogens with two attached hydrogens (primary N) is 1. The molecule has 2 aromatic rings. The van der Waals surface area contributed by atoms with E-state index in [1.807, 2.05) is 18.3 Å². The number of aromatic nitrogens is 1. The number of hydrogen-bond acceptors (Lipinski definition) is 2. The molecule has 0 amide bonds. The Morgan fingerprint density at radius 1 is 1.43 bits per heavy atom. The van der Waals surface area contributed by atoms with Crippen LogP contribution in [0, 0.1) is 0 Å². The molecule has 0 saturated carbocycles. The van der Waals surface area contributed by atoms with Crippen LogP contribution in [0.1, 0.15) is 5.56 Å². The van der Waals surface area contributed by atoms with Gasteiger partial charge in [0.05, 0.1) is 0 Å². The molecule has 2 heterocycles. The molecule has 0 saturated heterocycles. The lowest BCUT2D eigenvalue weighted by Gasteiger charge is -2.07. The molecule has 0 spiro atoms. The van der Waals surface area contributed by atoms with Gasteiger partial charge in [0.25, 0.3) is 0 Å². The van der Waals surface area contributed by atoms with Gasteiger partial charge in [-0.15, -0.1) is 0 Å². The van der Waals surface area contributed by atoms with E-state index < -0.39 is 0 Å². The molecule has 0 radical (unpaired) electrons. The fourth-order valence-electron chi connectivity index (χ4n) is 2.04. The predicted octanol–water partition coefficient (Wildman–Crippen LogP) is 1.43. The van der Waals surface area contributed by atoms with Gasteiger partial charge in [-0.25, -0.2) is 0 Å². The maximum absolute atomic E-state index is 5.91. The molecule has 14 heavy (non-hydrogen) atoms. The summed E-state index contributed by atoms with van der Waals surface area (Å²) in [6.07, 6.45) is 2.92. The van der Waals surface area contributed by atoms with Gasteiger partial charge in [0.1, 0.15) is 12.4 Å². The van der Waals surface area contributed by atoms with E-state index in [0.717, 1.165) is 17.7 Å². The molecule has 3 nitrogen and oxygen atoms in total. The highest BCUT2D eigenvalue weighted by atomic mass is 16.5. The Labute approximate surface area is 81.9 Å². The van der Waals surface area contributed by atoms with Crippen LogP contribution in [0.4, 0.5) is 0 Å². The Morgan fingerprint density at radius 2 is 2.36 bits per heavy atom. The van der Waals surface area contributed by atoms with Crippen molar-refractivity contribution in [3.8, 4) is 5.75 Å². The number of ether oxygens (including phenoxy) is 1. The maximum Gasteiger partial charge on any atom is 0.129 e. The molecule has 1 aromatic heterocycles. The highest BCUT2D eigenvalue weighted by molar-refractivity contribution is 5.89. The van der Waals surface area contributed by atoms with Crippen molar-refractivity contribution < 1.29 is 4.74 Å². The van der Waals surface area contributed by atoms with Crippen molar-refractivity contribution >= 4 is 10.9 Å². The second-order valence-corrected chi connectivity index (χ2v) is 3.77. The van der Waals surface area contributed by atoms with Gasteiger partial charge in [-0.05, 0) is 24.1 Å². The third-order valence-corrected chi connectivity index (χ3v) is 2.68. The molecule has 1 unspecified atom stereocenters. The first-order valence-electron chi connectivity index (χ1n) is 4.82. The van der Waals surface area contributed by atoms with Crippen LogP contribution in [0.2, 0.25) is 0 Å². The molecule has 3 N–H and O–H groups in total. The zero-order chi connectivity index (χ0) is 9.54. The zero-order valence-electron chi connectivity index (χ0n) is 7.79. The second-order valence-electron chi connectivity index (χ2n) is 3.77. The van der Waals surface area contributed by atoms with Crippen LogP contribution in [-0.4, -0.2) is 17.6 Å². The average molecular weight is 188 g/mol. The number of H-pyrrole nitrogens is 1. The van der Waals surface area contributed by atoms with Gasteiger partial charge in [0.2, 0.25) is 0 Å². The topological polar surface area (TPSA) is 51.0 Å². The largest absolute Gasteiger partial charge is 0.491 e. The number of rotatable bonds is 0. The van der Waals surface area contributed by atoms with Crippen molar-refractivity contribution in [2.75, 3.05) is 6.61 Å². The third-order valence-electron chi connectivity index (χ3n) is 2.68. The van der Waals surface area contributed by atoms with Crippen molar-refractivity contribution in [3.05, 3.63) is 30.0 Å². The van der Waals surface area contributed by atoms with Crippen molar-refractivity contribution in [2.45, 2.75) is 12.5 Å². The smallest absolute Gasteiger partial charge is 0.129 e. The van der Waals surface area contributed by atoms with Gasteiger partial charge < -0.3 is 15.5 Å². The van der Waals surface area contributed by atoms with E-state index in [0.29, 0.717) is 6.61 Å². The third kappa shape index (κ3) is 1.02. The summed E-state index contributed by atoms with van der Waals surface area (Å²) >= 11 is 0. The molecule has 3 heteroatoms. The first-order chi connectivity index (χ1) is 6.84. The van der Waals surface area contributed by atoms with Crippen LogP contribution in [0.25, 0.3) is 10.9 Å². The molecule has 1 aromatic carbocycles. The monoisotopic (exact) mass is 188 g/mol. The summed E-state index contributed by atoms with van der Waals surface area (Å²) in [5.41, 5.74) is 8.31. The molecule has 72 valence electrons. The van der Waals surface area contributed by atoms with Crippen LogP contribution in [0.5, 0.6) is 5.75 Å². The highest BCUT2D eigenvalue weighted by Gasteiger charge is 2.17. The van der Waals surface area contributed by atoms with Crippen LogP contribution in [0.15, 0.2) is 24.4 Å². The Bertz CT molecular complexity index is 475. The SMILES string of the molecule is NC1COc2cccc3[nH]cc(c23)C1. The summed E-state index contributed by atoms with van der Waals surface area (Å²) in [5, 5.41) is 1.19. The van der Waals surface area contributed by atoms with E-state index in [9.17, 15) is 0 Å². The molecular formula is C11H12N2O. The molecule has 1 aliphatic heterocycles. The molecule has 0 bridgehead atoms. The molecular weight excluding hydrogens is 176 g/mol. The van der Waals surface area contributed by atoms with E-state index in [4.69, 9.17) is 10.5 Å². The Hall–Kier alpha value is -1.48. The van der Waals surface area contributed by atoms with Crippen LogP contribution >= 0.6 is 0 Å². The molecule has 1 atom stereocenters. The first kappa shape index (κ1) is 7.88. The molecule has 1 aliphatic rings. The highest BCUT2D eigenvalue weighted by Crippen LogP contribution is 2.31. The average Bonchev–Trinajstić information content (AvgIpc) is 2.51. The number of benzene rings is 1. The molecule has 0 aliphatic carbocycles. The van der Waals surface area contributed by atoms with Gasteiger partial charge in [0.15, 0.2) is 0 Å². The van der Waals surface area contributed by atoms with Crippen molar-refractivity contribution in [1.29, 1.82) is 0 Å². The Morgan fingerprint density at radius 3 is 3.29 bits per heavy atom. The number of aromatic amines is 1. The molecule has 3 rings (SSSR count). The van der Waals surface area contributed by atoms with Crippen LogP contribution in [-0.2, 0) is 6.42 Å². The Kier molecular flexibility index (Phi) is 1.55. The lowest BCUT2D eigenvalue weighted by Crippen LogP contribution is -2.28. The summed E-state index contributed by atoms with van der Waals surface area (Å²) in [6, 6.07) is 6.15. The number of nitrogens with one attached hydrogen (secondary N) is 1. The van der Waals surface area contributed by atoms with E-state index in [2.05, 4.69) is 11.1 Å². The van der Waals surface area contributed by atoms with E-state index in [1.54, 1.807) is 0 Å². The zero-order valence-corrected chi connectivity index (χ0v) is 7.79. The van der Waals surface area contributed by atoms with Crippen molar-refractivity contribution in [3.63, 3.8) is 0 Å². The van der Waals surface area contributed by atoms with E-state index in [-0.39, 0.29) is 6.04 Å². The van der Waals surface area contributed by atoms with Gasteiger partial charge in [0, 0.05) is 23.1 Å². The molecule has 0 fully saturated rings. The standard InChI is InChI=1S/C11H12N2O/c12-8-4-7-5-13-9-2-1-3-10(11(7)9)14-6-8/h1-3,5,8,13H,4,6,12H2. The fourth-order valence-corrected chi connectivity index (χ4v) is 2.04. The van der Waals surface area contributed by atoms with Gasteiger partial charge >= 0.3 is 0 Å². The summed E-state index contributed by atoms with van der Waals surface area (Å²) in [6.45, 7) is 0.605. The fraction of sp³-hybridized carbons (Fsp3) is 0.273. The van der Waals surface area contributed by atoms with Crippen LogP contribution < -0.4 is 10.5 Å². The maximum atomic E-state index is 5.91. The van der Waals surface area contributed by atoms with Crippen molar-refractivity contribution in [1.82, 2.24) is 4.98 Å². The van der Waals surface area contributed by atoms with Crippen molar-refractivity contribution in [2.24, 2.45) is 5.73 Å². The van der Waals surface area contributed by atoms with Gasteiger partial charge in [-0.2, -0.15) is 0 Å². The Balaban J connectivity index is 2.30. The minimum atomic E-state index is 0.0985. The summed E-state index contributed by atoms with van der Waals surface area (Å²) in [5.74, 6) is 0.951.